The molecule has 2 aromatic carbocycles. The van der Waals surface area contributed by atoms with Crippen LogP contribution in [0.2, 0.25) is 0 Å². The molecule has 0 radical (unpaired) electrons. The number of alkyl halides is 3. The average molecular weight is 434 g/mol. The van der Waals surface area contributed by atoms with Crippen LogP contribution < -0.4 is 10.6 Å². The molecule has 3 aromatic rings. The molecule has 1 aliphatic heterocycles. The van der Waals surface area contributed by atoms with Crippen LogP contribution in [0.25, 0.3) is 11.0 Å². The van der Waals surface area contributed by atoms with E-state index in [0.29, 0.717) is 16.2 Å². The number of amides is 2. The van der Waals surface area contributed by atoms with Crippen molar-refractivity contribution in [2.45, 2.75) is 35.7 Å². The maximum Gasteiger partial charge on any atom is 0.416 e. The smallest absolute Gasteiger partial charge is 0.416 e. The largest absolute Gasteiger partial charge is 0.459 e. The topological polar surface area (TPSA) is 71.3 Å². The lowest BCUT2D eigenvalue weighted by atomic mass is 10.1. The number of rotatable bonds is 4. The number of halogens is 3. The van der Waals surface area contributed by atoms with Gasteiger partial charge in [-0.05, 0) is 37.3 Å². The fourth-order valence-corrected chi connectivity index (χ4v) is 4.31. The van der Waals surface area contributed by atoms with Crippen molar-refractivity contribution in [3.63, 3.8) is 0 Å². The molecule has 0 fully saturated rings. The highest BCUT2D eigenvalue weighted by atomic mass is 32.2. The normalized spacial score (nSPS) is 17.3. The number of nitrogens with one attached hydrogen (secondary N) is 2. The van der Waals surface area contributed by atoms with Crippen molar-refractivity contribution in [3.05, 3.63) is 59.9 Å². The molecule has 2 heterocycles. The summed E-state index contributed by atoms with van der Waals surface area (Å²) < 4.78 is 44.3. The van der Waals surface area contributed by atoms with Gasteiger partial charge in [-0.15, -0.1) is 11.8 Å². The highest BCUT2D eigenvalue weighted by Gasteiger charge is 2.34. The third-order valence-corrected chi connectivity index (χ3v) is 6.02. The molecule has 30 heavy (non-hydrogen) atoms. The van der Waals surface area contributed by atoms with E-state index in [9.17, 15) is 22.8 Å². The van der Waals surface area contributed by atoms with Gasteiger partial charge >= 0.3 is 6.18 Å². The summed E-state index contributed by atoms with van der Waals surface area (Å²) >= 11 is 1.08. The molecule has 5 nitrogen and oxygen atoms in total. The van der Waals surface area contributed by atoms with E-state index >= 15 is 0 Å². The van der Waals surface area contributed by atoms with Gasteiger partial charge in [0.2, 0.25) is 11.8 Å². The van der Waals surface area contributed by atoms with E-state index in [1.165, 1.54) is 6.07 Å². The Labute approximate surface area is 174 Å². The third-order valence-electron chi connectivity index (χ3n) is 4.75. The predicted octanol–water partition coefficient (Wildman–Crippen LogP) is 5.13. The maximum atomic E-state index is 12.9. The molecule has 2 unspecified atom stereocenters. The summed E-state index contributed by atoms with van der Waals surface area (Å²) in [5, 5.41) is 5.46. The Balaban J connectivity index is 1.41. The Morgan fingerprint density at radius 2 is 2.00 bits per heavy atom. The minimum atomic E-state index is -4.49. The lowest BCUT2D eigenvalue weighted by Gasteiger charge is -2.25. The van der Waals surface area contributed by atoms with Gasteiger partial charge in [0.25, 0.3) is 0 Å². The van der Waals surface area contributed by atoms with E-state index in [2.05, 4.69) is 10.6 Å². The van der Waals surface area contributed by atoms with E-state index < -0.39 is 28.9 Å². The molecule has 0 saturated heterocycles. The van der Waals surface area contributed by atoms with Crippen molar-refractivity contribution in [3.8, 4) is 0 Å². The van der Waals surface area contributed by atoms with Crippen LogP contribution in [0, 0.1) is 0 Å². The molecule has 2 amide bonds. The van der Waals surface area contributed by atoms with E-state index in [-0.39, 0.29) is 18.0 Å². The summed E-state index contributed by atoms with van der Waals surface area (Å²) in [5.74, 6) is -0.264. The number of fused-ring (bicyclic) bond motifs is 2. The first-order valence-electron chi connectivity index (χ1n) is 9.17. The van der Waals surface area contributed by atoms with Gasteiger partial charge in [0.15, 0.2) is 0 Å². The summed E-state index contributed by atoms with van der Waals surface area (Å²) in [5.41, 5.74) is -0.0178. The Kier molecular flexibility index (Phi) is 5.23. The van der Waals surface area contributed by atoms with Crippen molar-refractivity contribution in [1.82, 2.24) is 5.32 Å². The van der Waals surface area contributed by atoms with Gasteiger partial charge in [-0.1, -0.05) is 18.2 Å². The fourth-order valence-electron chi connectivity index (χ4n) is 3.22. The molecule has 1 aliphatic rings. The predicted molar refractivity (Wildman–Crippen MR) is 107 cm³/mol. The Hall–Kier alpha value is -2.94. The Morgan fingerprint density at radius 3 is 2.73 bits per heavy atom. The standard InChI is InChI=1S/C21H17F3N2O3S/c1-11(16-8-12-4-2-3-5-15(12)29-16)25-19(27)10-18-20(28)26-14-9-13(21(22,23)24)6-7-17(14)30-18/h2-9,11,18H,10H2,1H3,(H,25,27)(H,26,28). The van der Waals surface area contributed by atoms with E-state index in [1.807, 2.05) is 30.3 Å². The molecule has 9 heteroatoms. The second kappa shape index (κ2) is 7.71. The SMILES string of the molecule is CC(NC(=O)CC1Sc2ccc(C(F)(F)F)cc2NC1=O)c1cc2ccccc2o1. The molecule has 0 aliphatic carbocycles. The molecular formula is C21H17F3N2O3S. The number of carbonyl (C=O) groups excluding carboxylic acids is 2. The summed E-state index contributed by atoms with van der Waals surface area (Å²) in [7, 11) is 0. The number of hydrogen-bond acceptors (Lipinski definition) is 4. The molecule has 0 spiro atoms. The first-order chi connectivity index (χ1) is 14.2. The van der Waals surface area contributed by atoms with Crippen LogP contribution in [-0.2, 0) is 15.8 Å². The molecule has 156 valence electrons. The summed E-state index contributed by atoms with van der Waals surface area (Å²) in [6, 6.07) is 12.1. The van der Waals surface area contributed by atoms with Gasteiger partial charge in [0.1, 0.15) is 11.3 Å². The number of thioether (sulfide) groups is 1. The fraction of sp³-hybridized carbons (Fsp3) is 0.238. The van der Waals surface area contributed by atoms with Crippen molar-refractivity contribution >= 4 is 40.2 Å². The molecule has 4 rings (SSSR count). The summed E-state index contributed by atoms with van der Waals surface area (Å²) in [4.78, 5) is 25.3. The number of carbonyl (C=O) groups is 2. The van der Waals surface area contributed by atoms with Crippen LogP contribution in [-0.4, -0.2) is 17.1 Å². The molecule has 2 N–H and O–H groups in total. The Bertz CT molecular complexity index is 1090. The van der Waals surface area contributed by atoms with Gasteiger partial charge in [0, 0.05) is 16.7 Å². The first kappa shape index (κ1) is 20.3. The van der Waals surface area contributed by atoms with Crippen molar-refractivity contribution in [2.24, 2.45) is 0 Å². The second-order valence-corrected chi connectivity index (χ2v) is 8.23. The lowest BCUT2D eigenvalue weighted by Crippen LogP contribution is -2.35. The molecule has 0 saturated carbocycles. The third kappa shape index (κ3) is 4.16. The van der Waals surface area contributed by atoms with Crippen molar-refractivity contribution in [1.29, 1.82) is 0 Å². The monoisotopic (exact) mass is 434 g/mol. The van der Waals surface area contributed by atoms with Crippen molar-refractivity contribution < 1.29 is 27.2 Å². The second-order valence-electron chi connectivity index (χ2n) is 6.98. The number of anilines is 1. The van der Waals surface area contributed by atoms with E-state index in [1.54, 1.807) is 6.92 Å². The zero-order valence-electron chi connectivity index (χ0n) is 15.7. The number of hydrogen-bond donors (Lipinski definition) is 2. The molecular weight excluding hydrogens is 417 g/mol. The van der Waals surface area contributed by atoms with Crippen LogP contribution in [0.1, 0.15) is 30.7 Å². The van der Waals surface area contributed by atoms with Crippen LogP contribution in [0.4, 0.5) is 18.9 Å². The van der Waals surface area contributed by atoms with Crippen LogP contribution in [0.5, 0.6) is 0 Å². The van der Waals surface area contributed by atoms with E-state index in [4.69, 9.17) is 4.42 Å². The quantitative estimate of drug-likeness (QED) is 0.597. The number of furan rings is 1. The van der Waals surface area contributed by atoms with Crippen LogP contribution in [0.3, 0.4) is 0 Å². The van der Waals surface area contributed by atoms with E-state index in [0.717, 1.165) is 29.3 Å². The molecule has 2 atom stereocenters. The van der Waals surface area contributed by atoms with Crippen LogP contribution in [0.15, 0.2) is 57.8 Å². The molecule has 0 bridgehead atoms. The molecule has 1 aromatic heterocycles. The van der Waals surface area contributed by atoms with Gasteiger partial charge < -0.3 is 15.1 Å². The zero-order valence-corrected chi connectivity index (χ0v) is 16.6. The lowest BCUT2D eigenvalue weighted by molar-refractivity contribution is -0.137. The van der Waals surface area contributed by atoms with Crippen molar-refractivity contribution in [2.75, 3.05) is 5.32 Å². The number of para-hydroxylation sites is 1. The highest BCUT2D eigenvalue weighted by molar-refractivity contribution is 8.01. The maximum absolute atomic E-state index is 12.9. The first-order valence-corrected chi connectivity index (χ1v) is 10.1. The Morgan fingerprint density at radius 1 is 1.23 bits per heavy atom. The van der Waals surface area contributed by atoms with Gasteiger partial charge in [-0.25, -0.2) is 0 Å². The van der Waals surface area contributed by atoms with Gasteiger partial charge in [-0.3, -0.25) is 9.59 Å². The van der Waals surface area contributed by atoms with Gasteiger partial charge in [0.05, 0.1) is 22.5 Å². The minimum absolute atomic E-state index is 0.104. The summed E-state index contributed by atoms with van der Waals surface area (Å²) in [6.07, 6.45) is -4.60. The average Bonchev–Trinajstić information content (AvgIpc) is 3.12. The van der Waals surface area contributed by atoms with Crippen LogP contribution >= 0.6 is 11.8 Å². The van der Waals surface area contributed by atoms with Gasteiger partial charge in [-0.2, -0.15) is 13.2 Å². The zero-order chi connectivity index (χ0) is 21.5. The summed E-state index contributed by atoms with van der Waals surface area (Å²) in [6.45, 7) is 1.78. The highest BCUT2D eigenvalue weighted by Crippen LogP contribution is 2.40. The number of benzene rings is 2. The minimum Gasteiger partial charge on any atom is -0.459 e.